The fourth-order valence-electron chi connectivity index (χ4n) is 9.26. The average molecular weight is 1080 g/mol. The molecule has 0 radical (unpaired) electrons. The van der Waals surface area contributed by atoms with E-state index in [1.54, 1.807) is 29.7 Å². The summed E-state index contributed by atoms with van der Waals surface area (Å²) >= 11 is 1.57. The van der Waals surface area contributed by atoms with E-state index in [1.807, 2.05) is 81.7 Å². The molecule has 22 heteroatoms. The molecule has 3 atom stereocenters. The van der Waals surface area contributed by atoms with Crippen LogP contribution in [0.3, 0.4) is 0 Å². The Bertz CT molecular complexity index is 2940. The number of carbonyl (C=O) groups excluding carboxylic acids is 4. The SMILES string of the molecule is COc1cccc(F)c1-c1ncc2[nH]nc(-c3ccc(N4CCN(CC(=O)NCCOCCOCCOCCC(=O)N[C@H](C(=O)N5C[C@H](O)C[C@H]5C(=O)NCc5ccc(-c6scnc6C)cc5)C(C)(C)C)CC4)cc3)c2n1. The van der Waals surface area contributed by atoms with Crippen LogP contribution < -0.4 is 25.6 Å². The molecule has 3 aromatic heterocycles. The number of hydrogen-bond acceptors (Lipinski definition) is 16. The van der Waals surface area contributed by atoms with E-state index in [0.717, 1.165) is 59.1 Å². The molecule has 8 rings (SSSR count). The molecule has 6 aromatic rings. The van der Waals surface area contributed by atoms with Crippen LogP contribution in [0.25, 0.3) is 44.1 Å². The molecule has 20 nitrogen and oxygen atoms in total. The highest BCUT2D eigenvalue weighted by Crippen LogP contribution is 2.34. The number of benzene rings is 3. The lowest BCUT2D eigenvalue weighted by Crippen LogP contribution is -2.57. The number of β-amino-alcohol motifs (C(OH)–C–C–N with tert-alkyl or cyclic N) is 1. The Labute approximate surface area is 451 Å². The van der Waals surface area contributed by atoms with Gasteiger partial charge >= 0.3 is 0 Å². The van der Waals surface area contributed by atoms with Crippen LogP contribution in [0.5, 0.6) is 5.75 Å². The van der Waals surface area contributed by atoms with Crippen molar-refractivity contribution in [3.05, 3.63) is 95.5 Å². The highest BCUT2D eigenvalue weighted by atomic mass is 32.1. The number of nitrogens with zero attached hydrogens (tertiary/aromatic N) is 7. The number of aliphatic hydroxyl groups excluding tert-OH is 1. The number of piperazine rings is 1. The molecule has 2 aliphatic rings. The van der Waals surface area contributed by atoms with Gasteiger partial charge in [-0.3, -0.25) is 29.2 Å². The number of amides is 4. The van der Waals surface area contributed by atoms with E-state index in [9.17, 15) is 28.7 Å². The van der Waals surface area contributed by atoms with Crippen LogP contribution in [0, 0.1) is 18.2 Å². The third kappa shape index (κ3) is 14.8. The van der Waals surface area contributed by atoms with Crippen molar-refractivity contribution < 1.29 is 47.6 Å². The number of carbonyl (C=O) groups is 4. The zero-order chi connectivity index (χ0) is 54.5. The molecule has 410 valence electrons. The first kappa shape index (κ1) is 56.3. The Balaban J connectivity index is 0.658. The minimum atomic E-state index is -0.942. The fraction of sp³-hybridized carbons (Fsp3) is 0.455. The van der Waals surface area contributed by atoms with Crippen LogP contribution in [0.2, 0.25) is 0 Å². The van der Waals surface area contributed by atoms with Gasteiger partial charge in [0.1, 0.15) is 40.4 Å². The van der Waals surface area contributed by atoms with E-state index in [1.165, 1.54) is 18.1 Å². The van der Waals surface area contributed by atoms with E-state index in [2.05, 4.69) is 50.9 Å². The number of aliphatic hydroxyl groups is 1. The zero-order valence-corrected chi connectivity index (χ0v) is 45.0. The summed E-state index contributed by atoms with van der Waals surface area (Å²) < 4.78 is 37.0. The summed E-state index contributed by atoms with van der Waals surface area (Å²) in [4.78, 5) is 73.4. The summed E-state index contributed by atoms with van der Waals surface area (Å²) in [7, 11) is 1.48. The number of H-pyrrole nitrogens is 1. The number of fused-ring (bicyclic) bond motifs is 1. The molecule has 0 bridgehead atoms. The summed E-state index contributed by atoms with van der Waals surface area (Å²) in [5, 5.41) is 26.7. The topological polar surface area (TPSA) is 239 Å². The molecule has 5 heterocycles. The zero-order valence-electron chi connectivity index (χ0n) is 44.2. The number of halogens is 1. The number of anilines is 1. The van der Waals surface area contributed by atoms with Gasteiger partial charge in [-0.15, -0.1) is 11.3 Å². The number of rotatable bonds is 24. The number of thiazole rings is 1. The first-order valence-corrected chi connectivity index (χ1v) is 26.7. The second-order valence-electron chi connectivity index (χ2n) is 20.0. The Kier molecular flexibility index (Phi) is 19.3. The van der Waals surface area contributed by atoms with E-state index in [4.69, 9.17) is 18.9 Å². The normalized spacial score (nSPS) is 16.4. The van der Waals surface area contributed by atoms with Crippen LogP contribution >= 0.6 is 11.3 Å². The predicted octanol–water partition coefficient (Wildman–Crippen LogP) is 4.75. The number of hydrogen-bond donors (Lipinski definition) is 5. The molecule has 0 saturated carbocycles. The average Bonchev–Trinajstić information content (AvgIpc) is 4.18. The van der Waals surface area contributed by atoms with Crippen molar-refractivity contribution in [1.82, 2.24) is 50.9 Å². The number of methoxy groups -OCH3 is 1. The molecular weight excluding hydrogens is 1010 g/mol. The number of aryl methyl sites for hydroxylation is 1. The van der Waals surface area contributed by atoms with Crippen molar-refractivity contribution in [2.45, 2.75) is 65.3 Å². The minimum Gasteiger partial charge on any atom is -0.496 e. The molecule has 77 heavy (non-hydrogen) atoms. The summed E-state index contributed by atoms with van der Waals surface area (Å²) in [6.45, 7) is 13.0. The van der Waals surface area contributed by atoms with Gasteiger partial charge in [-0.25, -0.2) is 19.3 Å². The lowest BCUT2D eigenvalue weighted by atomic mass is 9.85. The summed E-state index contributed by atoms with van der Waals surface area (Å²) in [6.07, 6.45) is 0.824. The van der Waals surface area contributed by atoms with Gasteiger partial charge in [-0.05, 0) is 47.7 Å². The highest BCUT2D eigenvalue weighted by Gasteiger charge is 2.44. The lowest BCUT2D eigenvalue weighted by molar-refractivity contribution is -0.144. The molecule has 3 aromatic carbocycles. The van der Waals surface area contributed by atoms with Crippen molar-refractivity contribution in [3.8, 4) is 38.8 Å². The maximum absolute atomic E-state index is 14.8. The van der Waals surface area contributed by atoms with E-state index < -0.39 is 35.3 Å². The maximum atomic E-state index is 14.8. The molecule has 0 spiro atoms. The molecule has 2 fully saturated rings. The van der Waals surface area contributed by atoms with Gasteiger partial charge < -0.3 is 49.8 Å². The number of aromatic nitrogens is 5. The van der Waals surface area contributed by atoms with E-state index >= 15 is 0 Å². The van der Waals surface area contributed by atoms with Gasteiger partial charge in [0.05, 0.1) is 87.2 Å². The van der Waals surface area contributed by atoms with Crippen LogP contribution in [0.15, 0.2) is 78.4 Å². The Morgan fingerprint density at radius 3 is 2.26 bits per heavy atom. The molecule has 4 amide bonds. The smallest absolute Gasteiger partial charge is 0.246 e. The Hall–Kier alpha value is -6.95. The van der Waals surface area contributed by atoms with Gasteiger partial charge in [-0.1, -0.05) is 63.2 Å². The third-order valence-corrected chi connectivity index (χ3v) is 14.4. The summed E-state index contributed by atoms with van der Waals surface area (Å²) in [5.41, 5.74) is 7.93. The second-order valence-corrected chi connectivity index (χ2v) is 20.9. The van der Waals surface area contributed by atoms with Crippen molar-refractivity contribution in [1.29, 1.82) is 0 Å². The Morgan fingerprint density at radius 2 is 1.57 bits per heavy atom. The summed E-state index contributed by atoms with van der Waals surface area (Å²) in [5.74, 6) is -1.18. The molecule has 5 N–H and O–H groups in total. The number of likely N-dealkylation sites (tertiary alicyclic amines) is 1. The molecular formula is C55H68FN11O9S. The third-order valence-electron chi connectivity index (χ3n) is 13.5. The van der Waals surface area contributed by atoms with E-state index in [0.29, 0.717) is 55.4 Å². The Morgan fingerprint density at radius 1 is 0.870 bits per heavy atom. The summed E-state index contributed by atoms with van der Waals surface area (Å²) in [6, 6.07) is 18.7. The van der Waals surface area contributed by atoms with Gasteiger partial charge in [0.2, 0.25) is 23.6 Å². The highest BCUT2D eigenvalue weighted by molar-refractivity contribution is 7.13. The molecule has 2 saturated heterocycles. The van der Waals surface area contributed by atoms with Crippen molar-refractivity contribution in [3.63, 3.8) is 0 Å². The number of ether oxygens (including phenoxy) is 4. The standard InChI is InChI=1S/C55H68FN11O9S/c1-35-50(77-34-60-35)38-11-9-36(10-12-38)30-59-53(71)43-29-40(68)32-67(43)54(72)51(55(2,3)4)61-45(69)17-23-74-25-27-76-28-26-75-24-18-57-46(70)33-65-19-21-66(22-20-65)39-15-13-37(14-16-39)48-49-42(63-64-48)31-58-52(62-49)47-41(56)7-6-8-44(47)73-5/h6-16,31,34,40,43,51,68H,17-30,32-33H2,1-5H3,(H,57,70)(H,59,71)(H,61,69)(H,63,64)/t40-,43+,51-/m1/s1. The quantitative estimate of drug-likeness (QED) is 0.0514. The van der Waals surface area contributed by atoms with Gasteiger partial charge in [0.25, 0.3) is 0 Å². The van der Waals surface area contributed by atoms with E-state index in [-0.39, 0.29) is 74.9 Å². The second kappa shape index (κ2) is 26.4. The number of aromatic amines is 1. The largest absolute Gasteiger partial charge is 0.496 e. The van der Waals surface area contributed by atoms with Crippen molar-refractivity contribution in [2.75, 3.05) is 97.5 Å². The minimum absolute atomic E-state index is 0.0113. The van der Waals surface area contributed by atoms with Crippen LogP contribution in [-0.4, -0.2) is 174 Å². The molecule has 2 aliphatic heterocycles. The monoisotopic (exact) mass is 1080 g/mol. The molecule has 0 unspecified atom stereocenters. The number of nitrogens with one attached hydrogen (secondary N) is 4. The first-order valence-electron chi connectivity index (χ1n) is 25.8. The maximum Gasteiger partial charge on any atom is 0.246 e. The first-order chi connectivity index (χ1) is 37.2. The lowest BCUT2D eigenvalue weighted by Gasteiger charge is -2.35. The van der Waals surface area contributed by atoms with Crippen LogP contribution in [-0.2, 0) is 39.9 Å². The fourth-order valence-corrected chi connectivity index (χ4v) is 10.1. The van der Waals surface area contributed by atoms with Crippen molar-refractivity contribution in [2.24, 2.45) is 5.41 Å². The van der Waals surface area contributed by atoms with Crippen LogP contribution in [0.4, 0.5) is 10.1 Å². The van der Waals surface area contributed by atoms with Crippen LogP contribution in [0.1, 0.15) is 44.9 Å². The predicted molar refractivity (Wildman–Crippen MR) is 289 cm³/mol. The van der Waals surface area contributed by atoms with Gasteiger partial charge in [0, 0.05) is 69.9 Å². The molecule has 0 aliphatic carbocycles. The van der Waals surface area contributed by atoms with Gasteiger partial charge in [0.15, 0.2) is 5.82 Å². The van der Waals surface area contributed by atoms with Gasteiger partial charge in [-0.2, -0.15) is 5.10 Å². The van der Waals surface area contributed by atoms with Crippen molar-refractivity contribution >= 4 is 51.7 Å².